The summed E-state index contributed by atoms with van der Waals surface area (Å²) < 4.78 is 7.22. The van der Waals surface area contributed by atoms with Crippen molar-refractivity contribution in [2.24, 2.45) is 0 Å². The molecule has 2 aromatic rings. The van der Waals surface area contributed by atoms with Crippen LogP contribution in [0.1, 0.15) is 11.4 Å². The van der Waals surface area contributed by atoms with E-state index in [0.29, 0.717) is 0 Å². The Kier molecular flexibility index (Phi) is 2.72. The molecule has 0 unspecified atom stereocenters. The second kappa shape index (κ2) is 4.17. The van der Waals surface area contributed by atoms with Crippen LogP contribution < -0.4 is 4.74 Å². The summed E-state index contributed by atoms with van der Waals surface area (Å²) >= 11 is 0. The number of methoxy groups -OCH3 is 1. The Hall–Kier alpha value is -1.77. The van der Waals surface area contributed by atoms with Crippen LogP contribution in [-0.4, -0.2) is 16.7 Å². The van der Waals surface area contributed by atoms with Crippen LogP contribution in [0.4, 0.5) is 0 Å². The second-order valence-electron chi connectivity index (χ2n) is 3.45. The molecule has 3 nitrogen and oxygen atoms in total. The van der Waals surface area contributed by atoms with Crippen molar-refractivity contribution < 1.29 is 4.74 Å². The SMILES string of the molecule is COc1ccc(Cn2ccnc2C)cc1. The van der Waals surface area contributed by atoms with Crippen molar-refractivity contribution in [3.05, 3.63) is 48.0 Å². The van der Waals surface area contributed by atoms with Crippen LogP contribution >= 0.6 is 0 Å². The zero-order chi connectivity index (χ0) is 10.7. The molecule has 0 saturated heterocycles. The molecule has 0 aliphatic carbocycles. The summed E-state index contributed by atoms with van der Waals surface area (Å²) in [5.41, 5.74) is 1.25. The predicted molar refractivity (Wildman–Crippen MR) is 59.1 cm³/mol. The van der Waals surface area contributed by atoms with Crippen molar-refractivity contribution >= 4 is 0 Å². The van der Waals surface area contributed by atoms with E-state index in [2.05, 4.69) is 21.7 Å². The first kappa shape index (κ1) is 9.77. The van der Waals surface area contributed by atoms with Gasteiger partial charge in [0.1, 0.15) is 11.6 Å². The number of rotatable bonds is 3. The van der Waals surface area contributed by atoms with Crippen LogP contribution in [-0.2, 0) is 6.54 Å². The predicted octanol–water partition coefficient (Wildman–Crippen LogP) is 2.25. The molecule has 0 N–H and O–H groups in total. The average Bonchev–Trinajstić information content (AvgIpc) is 2.66. The highest BCUT2D eigenvalue weighted by molar-refractivity contribution is 5.27. The van der Waals surface area contributed by atoms with Gasteiger partial charge < -0.3 is 9.30 Å². The summed E-state index contributed by atoms with van der Waals surface area (Å²) in [6.45, 7) is 2.86. The lowest BCUT2D eigenvalue weighted by molar-refractivity contribution is 0.414. The number of hydrogen-bond acceptors (Lipinski definition) is 2. The summed E-state index contributed by atoms with van der Waals surface area (Å²) in [6.07, 6.45) is 3.80. The number of nitrogens with zero attached hydrogens (tertiary/aromatic N) is 2. The van der Waals surface area contributed by atoms with Gasteiger partial charge in [-0.05, 0) is 24.6 Å². The van der Waals surface area contributed by atoms with E-state index in [4.69, 9.17) is 4.74 Å². The maximum atomic E-state index is 5.11. The number of imidazole rings is 1. The molecule has 0 aliphatic rings. The van der Waals surface area contributed by atoms with Gasteiger partial charge in [0, 0.05) is 18.9 Å². The molecular weight excluding hydrogens is 188 g/mol. The molecule has 1 aromatic carbocycles. The van der Waals surface area contributed by atoms with Gasteiger partial charge in [0.25, 0.3) is 0 Å². The smallest absolute Gasteiger partial charge is 0.118 e. The van der Waals surface area contributed by atoms with Crippen LogP contribution in [0.15, 0.2) is 36.7 Å². The molecule has 15 heavy (non-hydrogen) atoms. The Morgan fingerprint density at radius 2 is 2.00 bits per heavy atom. The van der Waals surface area contributed by atoms with Gasteiger partial charge in [0.15, 0.2) is 0 Å². The molecule has 2 rings (SSSR count). The van der Waals surface area contributed by atoms with E-state index in [0.717, 1.165) is 18.1 Å². The van der Waals surface area contributed by atoms with Crippen molar-refractivity contribution in [2.45, 2.75) is 13.5 Å². The van der Waals surface area contributed by atoms with Gasteiger partial charge in [-0.15, -0.1) is 0 Å². The highest BCUT2D eigenvalue weighted by Crippen LogP contribution is 2.12. The third-order valence-electron chi connectivity index (χ3n) is 2.44. The normalized spacial score (nSPS) is 10.3. The molecule has 0 atom stereocenters. The van der Waals surface area contributed by atoms with Crippen molar-refractivity contribution in [2.75, 3.05) is 7.11 Å². The van der Waals surface area contributed by atoms with E-state index in [9.17, 15) is 0 Å². The summed E-state index contributed by atoms with van der Waals surface area (Å²) in [4.78, 5) is 4.18. The van der Waals surface area contributed by atoms with Crippen LogP contribution in [0.2, 0.25) is 0 Å². The Morgan fingerprint density at radius 3 is 2.53 bits per heavy atom. The van der Waals surface area contributed by atoms with Crippen LogP contribution in [0.3, 0.4) is 0 Å². The highest BCUT2D eigenvalue weighted by Gasteiger charge is 1.98. The third-order valence-corrected chi connectivity index (χ3v) is 2.44. The number of aromatic nitrogens is 2. The molecule has 0 amide bonds. The fourth-order valence-corrected chi connectivity index (χ4v) is 1.50. The largest absolute Gasteiger partial charge is 0.497 e. The molecule has 78 valence electrons. The Labute approximate surface area is 89.3 Å². The van der Waals surface area contributed by atoms with Crippen LogP contribution in [0.25, 0.3) is 0 Å². The summed E-state index contributed by atoms with van der Waals surface area (Å²) in [5, 5.41) is 0. The minimum atomic E-state index is 0.857. The minimum Gasteiger partial charge on any atom is -0.497 e. The quantitative estimate of drug-likeness (QED) is 0.763. The highest BCUT2D eigenvalue weighted by atomic mass is 16.5. The van der Waals surface area contributed by atoms with Crippen molar-refractivity contribution in [1.29, 1.82) is 0 Å². The number of benzene rings is 1. The fourth-order valence-electron chi connectivity index (χ4n) is 1.50. The number of hydrogen-bond donors (Lipinski definition) is 0. The van der Waals surface area contributed by atoms with Gasteiger partial charge in [-0.2, -0.15) is 0 Å². The van der Waals surface area contributed by atoms with Gasteiger partial charge in [0.2, 0.25) is 0 Å². The van der Waals surface area contributed by atoms with Crippen LogP contribution in [0.5, 0.6) is 5.75 Å². The number of aryl methyl sites for hydroxylation is 1. The number of ether oxygens (including phenoxy) is 1. The van der Waals surface area contributed by atoms with Crippen LogP contribution in [0, 0.1) is 6.92 Å². The lowest BCUT2D eigenvalue weighted by Gasteiger charge is -2.06. The fraction of sp³-hybridized carbons (Fsp3) is 0.250. The minimum absolute atomic E-state index is 0.857. The van der Waals surface area contributed by atoms with Gasteiger partial charge in [-0.3, -0.25) is 0 Å². The van der Waals surface area contributed by atoms with Gasteiger partial charge >= 0.3 is 0 Å². The summed E-state index contributed by atoms with van der Waals surface area (Å²) in [6, 6.07) is 8.08. The van der Waals surface area contributed by atoms with Gasteiger partial charge in [-0.25, -0.2) is 4.98 Å². The second-order valence-corrected chi connectivity index (χ2v) is 3.45. The monoisotopic (exact) mass is 202 g/mol. The molecule has 0 bridgehead atoms. The Morgan fingerprint density at radius 1 is 1.27 bits per heavy atom. The van der Waals surface area contributed by atoms with Crippen molar-refractivity contribution in [1.82, 2.24) is 9.55 Å². The van der Waals surface area contributed by atoms with Gasteiger partial charge in [-0.1, -0.05) is 12.1 Å². The maximum absolute atomic E-state index is 5.11. The van der Waals surface area contributed by atoms with E-state index in [-0.39, 0.29) is 0 Å². The molecule has 0 fully saturated rings. The molecule has 0 radical (unpaired) electrons. The van der Waals surface area contributed by atoms with E-state index in [1.807, 2.05) is 31.5 Å². The summed E-state index contributed by atoms with van der Waals surface area (Å²) in [7, 11) is 1.68. The van der Waals surface area contributed by atoms with E-state index in [1.165, 1.54) is 5.56 Å². The Balaban J connectivity index is 2.14. The topological polar surface area (TPSA) is 27.1 Å². The summed E-state index contributed by atoms with van der Waals surface area (Å²) in [5.74, 6) is 1.92. The molecule has 0 saturated carbocycles. The lowest BCUT2D eigenvalue weighted by atomic mass is 10.2. The van der Waals surface area contributed by atoms with Crippen molar-refractivity contribution in [3.63, 3.8) is 0 Å². The van der Waals surface area contributed by atoms with E-state index in [1.54, 1.807) is 7.11 Å². The maximum Gasteiger partial charge on any atom is 0.118 e. The molecule has 0 aliphatic heterocycles. The van der Waals surface area contributed by atoms with Crippen molar-refractivity contribution in [3.8, 4) is 5.75 Å². The average molecular weight is 202 g/mol. The molecule has 1 heterocycles. The first-order chi connectivity index (χ1) is 7.29. The first-order valence-electron chi connectivity index (χ1n) is 4.90. The zero-order valence-electron chi connectivity index (χ0n) is 8.97. The zero-order valence-corrected chi connectivity index (χ0v) is 8.97. The molecule has 1 aromatic heterocycles. The third kappa shape index (κ3) is 2.18. The standard InChI is InChI=1S/C12H14N2O/c1-10-13-7-8-14(10)9-11-3-5-12(15-2)6-4-11/h3-8H,9H2,1-2H3. The molecular formula is C12H14N2O. The Bertz CT molecular complexity index is 431. The van der Waals surface area contributed by atoms with E-state index < -0.39 is 0 Å². The first-order valence-corrected chi connectivity index (χ1v) is 4.90. The molecule has 0 spiro atoms. The lowest BCUT2D eigenvalue weighted by Crippen LogP contribution is -2.00. The van der Waals surface area contributed by atoms with E-state index >= 15 is 0 Å². The van der Waals surface area contributed by atoms with Gasteiger partial charge in [0.05, 0.1) is 7.11 Å². The molecule has 3 heteroatoms.